The maximum Gasteiger partial charge on any atom is 0.135 e. The van der Waals surface area contributed by atoms with Gasteiger partial charge in [-0.25, -0.2) is 0 Å². The highest BCUT2D eigenvalue weighted by molar-refractivity contribution is 7.25. The number of hydrogen-bond donors (Lipinski definition) is 0. The van der Waals surface area contributed by atoms with Crippen molar-refractivity contribution < 1.29 is 4.42 Å². The smallest absolute Gasteiger partial charge is 0.135 e. The average molecular weight is 657 g/mol. The molecule has 0 amide bonds. The maximum atomic E-state index is 6.22. The molecule has 50 heavy (non-hydrogen) atoms. The third-order valence-corrected chi connectivity index (χ3v) is 11.3. The van der Waals surface area contributed by atoms with Crippen LogP contribution in [0.5, 0.6) is 0 Å². The Labute approximate surface area is 291 Å². The molecular weight excluding hydrogens is 629 g/mol. The van der Waals surface area contributed by atoms with Gasteiger partial charge in [0.05, 0.1) is 11.0 Å². The summed E-state index contributed by atoms with van der Waals surface area (Å²) in [7, 11) is 0. The Morgan fingerprint density at radius 2 is 1.08 bits per heavy atom. The molecule has 11 rings (SSSR count). The number of para-hydroxylation sites is 2. The lowest BCUT2D eigenvalue weighted by atomic mass is 10.0. The first kappa shape index (κ1) is 27.6. The van der Waals surface area contributed by atoms with Crippen molar-refractivity contribution in [1.29, 1.82) is 0 Å². The number of furan rings is 1. The second kappa shape index (κ2) is 10.6. The third-order valence-electron chi connectivity index (χ3n) is 10.2. The van der Waals surface area contributed by atoms with Crippen LogP contribution in [0.15, 0.2) is 174 Å². The highest BCUT2D eigenvalue weighted by atomic mass is 32.1. The van der Waals surface area contributed by atoms with E-state index in [1.807, 2.05) is 23.5 Å². The van der Waals surface area contributed by atoms with Gasteiger partial charge in [-0.3, -0.25) is 0 Å². The molecule has 0 saturated heterocycles. The number of nitrogens with zero attached hydrogens (tertiary/aromatic N) is 2. The van der Waals surface area contributed by atoms with E-state index in [0.29, 0.717) is 0 Å². The van der Waals surface area contributed by atoms with Crippen LogP contribution < -0.4 is 4.90 Å². The Balaban J connectivity index is 1.11. The van der Waals surface area contributed by atoms with E-state index in [1.54, 1.807) is 0 Å². The van der Waals surface area contributed by atoms with Gasteiger partial charge in [-0.1, -0.05) is 91.0 Å². The Kier molecular flexibility index (Phi) is 5.83. The molecule has 0 aliphatic carbocycles. The van der Waals surface area contributed by atoms with Crippen LogP contribution in [0.3, 0.4) is 0 Å². The quantitative estimate of drug-likeness (QED) is 0.188. The lowest BCUT2D eigenvalue weighted by Gasteiger charge is -2.26. The summed E-state index contributed by atoms with van der Waals surface area (Å²) in [5.41, 5.74) is 8.63. The standard InChI is InChI=1S/C46H28N2OS/c1-2-10-34-29(9-1)17-25-41-46(34)38-13-3-6-14-40(38)48(41)31-20-18-30(19-21-31)47(32-23-26-43-39(27-32)35-11-4-7-15-42(35)49-43)33-22-24-37-36-12-5-8-16-44(36)50-45(37)28-33/h1-28H. The molecule has 4 heteroatoms. The minimum Gasteiger partial charge on any atom is -0.456 e. The minimum atomic E-state index is 0.893. The molecule has 0 spiro atoms. The zero-order valence-electron chi connectivity index (χ0n) is 26.9. The monoisotopic (exact) mass is 656 g/mol. The summed E-state index contributed by atoms with van der Waals surface area (Å²) >= 11 is 1.85. The predicted molar refractivity (Wildman–Crippen MR) is 213 cm³/mol. The summed E-state index contributed by atoms with van der Waals surface area (Å²) in [5, 5.41) is 9.93. The number of fused-ring (bicyclic) bond motifs is 11. The fourth-order valence-electron chi connectivity index (χ4n) is 7.92. The second-order valence-corrected chi connectivity index (χ2v) is 14.0. The van der Waals surface area contributed by atoms with Gasteiger partial charge in [0.15, 0.2) is 0 Å². The Morgan fingerprint density at radius 3 is 1.98 bits per heavy atom. The molecule has 3 heterocycles. The van der Waals surface area contributed by atoms with Crippen molar-refractivity contribution in [2.75, 3.05) is 4.90 Å². The molecule has 0 aliphatic rings. The number of thiophene rings is 1. The lowest BCUT2D eigenvalue weighted by molar-refractivity contribution is 0.669. The van der Waals surface area contributed by atoms with Crippen molar-refractivity contribution in [3.05, 3.63) is 170 Å². The SMILES string of the molecule is c1ccc2c(c1)ccc1c2c2ccccc2n1-c1ccc(N(c2ccc3c(c2)sc2ccccc23)c2ccc3oc4ccccc4c3c2)cc1. The van der Waals surface area contributed by atoms with E-state index in [2.05, 4.69) is 167 Å². The number of rotatable bonds is 4. The summed E-state index contributed by atoms with van der Waals surface area (Å²) < 4.78 is 11.2. The molecule has 11 aromatic rings. The minimum absolute atomic E-state index is 0.893. The van der Waals surface area contributed by atoms with Gasteiger partial charge in [0.2, 0.25) is 0 Å². The molecule has 0 aliphatic heterocycles. The van der Waals surface area contributed by atoms with Crippen LogP contribution in [0.4, 0.5) is 17.1 Å². The fraction of sp³-hybridized carbons (Fsp3) is 0. The predicted octanol–water partition coefficient (Wildman–Crippen LogP) is 13.7. The Morgan fingerprint density at radius 1 is 0.420 bits per heavy atom. The van der Waals surface area contributed by atoms with Gasteiger partial charge < -0.3 is 13.9 Å². The molecular formula is C46H28N2OS. The first-order valence-electron chi connectivity index (χ1n) is 16.9. The summed E-state index contributed by atoms with van der Waals surface area (Å²) in [4.78, 5) is 2.37. The first-order valence-corrected chi connectivity index (χ1v) is 17.7. The molecule has 0 saturated carbocycles. The molecule has 0 atom stereocenters. The average Bonchev–Trinajstić information content (AvgIpc) is 3.84. The normalized spacial score (nSPS) is 12.0. The van der Waals surface area contributed by atoms with E-state index >= 15 is 0 Å². The topological polar surface area (TPSA) is 21.3 Å². The second-order valence-electron chi connectivity index (χ2n) is 12.9. The molecule has 0 fully saturated rings. The van der Waals surface area contributed by atoms with Crippen molar-refractivity contribution in [1.82, 2.24) is 4.57 Å². The van der Waals surface area contributed by atoms with E-state index in [4.69, 9.17) is 4.42 Å². The van der Waals surface area contributed by atoms with Gasteiger partial charge in [-0.15, -0.1) is 11.3 Å². The molecule has 0 N–H and O–H groups in total. The van der Waals surface area contributed by atoms with Crippen LogP contribution >= 0.6 is 11.3 Å². The maximum absolute atomic E-state index is 6.22. The van der Waals surface area contributed by atoms with Crippen molar-refractivity contribution in [3.63, 3.8) is 0 Å². The Hall–Kier alpha value is -6.36. The number of aromatic nitrogens is 1. The van der Waals surface area contributed by atoms with Gasteiger partial charge in [-0.05, 0) is 89.6 Å². The van der Waals surface area contributed by atoms with Gasteiger partial charge in [0.25, 0.3) is 0 Å². The molecule has 3 aromatic heterocycles. The van der Waals surface area contributed by atoms with Gasteiger partial charge >= 0.3 is 0 Å². The van der Waals surface area contributed by atoms with Crippen molar-refractivity contribution >= 4 is 103 Å². The van der Waals surface area contributed by atoms with Gasteiger partial charge in [-0.2, -0.15) is 0 Å². The van der Waals surface area contributed by atoms with Crippen molar-refractivity contribution in [2.45, 2.75) is 0 Å². The molecule has 0 radical (unpaired) electrons. The summed E-state index contributed by atoms with van der Waals surface area (Å²) in [6.07, 6.45) is 0. The van der Waals surface area contributed by atoms with E-state index in [1.165, 1.54) is 52.8 Å². The van der Waals surface area contributed by atoms with E-state index in [-0.39, 0.29) is 0 Å². The summed E-state index contributed by atoms with van der Waals surface area (Å²) in [6, 6.07) is 61.3. The molecule has 234 valence electrons. The van der Waals surface area contributed by atoms with E-state index in [9.17, 15) is 0 Å². The van der Waals surface area contributed by atoms with Crippen LogP contribution in [0.2, 0.25) is 0 Å². The zero-order chi connectivity index (χ0) is 32.8. The highest BCUT2D eigenvalue weighted by Crippen LogP contribution is 2.43. The third kappa shape index (κ3) is 4.03. The number of anilines is 3. The van der Waals surface area contributed by atoms with Crippen LogP contribution in [0.25, 0.3) is 80.4 Å². The zero-order valence-corrected chi connectivity index (χ0v) is 27.7. The van der Waals surface area contributed by atoms with Crippen LogP contribution in [-0.2, 0) is 0 Å². The van der Waals surface area contributed by atoms with E-state index < -0.39 is 0 Å². The van der Waals surface area contributed by atoms with Crippen LogP contribution in [-0.4, -0.2) is 4.57 Å². The Bertz CT molecular complexity index is 3110. The van der Waals surface area contributed by atoms with Crippen LogP contribution in [0, 0.1) is 0 Å². The number of benzene rings is 8. The largest absolute Gasteiger partial charge is 0.456 e. The number of hydrogen-bond acceptors (Lipinski definition) is 3. The van der Waals surface area contributed by atoms with Crippen molar-refractivity contribution in [3.8, 4) is 5.69 Å². The van der Waals surface area contributed by atoms with E-state index in [0.717, 1.165) is 44.7 Å². The highest BCUT2D eigenvalue weighted by Gasteiger charge is 2.19. The van der Waals surface area contributed by atoms with Crippen LogP contribution in [0.1, 0.15) is 0 Å². The molecule has 8 aromatic carbocycles. The molecule has 3 nitrogen and oxygen atoms in total. The summed E-state index contributed by atoms with van der Waals surface area (Å²) in [6.45, 7) is 0. The lowest BCUT2D eigenvalue weighted by Crippen LogP contribution is -2.10. The summed E-state index contributed by atoms with van der Waals surface area (Å²) in [5.74, 6) is 0. The fourth-order valence-corrected chi connectivity index (χ4v) is 9.06. The van der Waals surface area contributed by atoms with Gasteiger partial charge in [0.1, 0.15) is 11.2 Å². The first-order chi connectivity index (χ1) is 24.8. The van der Waals surface area contributed by atoms with Crippen molar-refractivity contribution in [2.24, 2.45) is 0 Å². The van der Waals surface area contributed by atoms with Gasteiger partial charge in [0, 0.05) is 64.5 Å². The molecule has 0 bridgehead atoms. The molecule has 0 unspecified atom stereocenters.